The maximum Gasteiger partial charge on any atom is 0.302 e. The first kappa shape index (κ1) is 85.6. The Morgan fingerprint density at radius 1 is 0.378 bits per heavy atom. The van der Waals surface area contributed by atoms with Gasteiger partial charge >= 0.3 is 11.9 Å². The van der Waals surface area contributed by atoms with Crippen molar-refractivity contribution in [3.63, 3.8) is 0 Å². The zero-order valence-electron chi connectivity index (χ0n) is 63.1. The highest BCUT2D eigenvalue weighted by atomic mass is 16.5. The first-order valence-corrected chi connectivity index (χ1v) is 34.3. The third-order valence-corrected chi connectivity index (χ3v) is 19.7. The molecule has 98 heavy (non-hydrogen) atoms. The van der Waals surface area contributed by atoms with Gasteiger partial charge in [-0.25, -0.2) is 0 Å². The van der Waals surface area contributed by atoms with E-state index in [1.165, 1.54) is 27.7 Å². The van der Waals surface area contributed by atoms with E-state index in [0.717, 1.165) is 44.6 Å². The highest BCUT2D eigenvalue weighted by Gasteiger charge is 2.62. The monoisotopic (exact) mass is 1350 g/mol. The van der Waals surface area contributed by atoms with Crippen molar-refractivity contribution in [2.24, 2.45) is 21.7 Å². The van der Waals surface area contributed by atoms with Gasteiger partial charge in [0.05, 0.1) is 34.6 Å². The van der Waals surface area contributed by atoms with E-state index in [9.17, 15) is 60.0 Å². The zero-order valence-corrected chi connectivity index (χ0v) is 63.1. The number of esters is 2. The van der Waals surface area contributed by atoms with Gasteiger partial charge in [0.2, 0.25) is 0 Å². The van der Waals surface area contributed by atoms with E-state index in [1.807, 2.05) is 179 Å². The van der Waals surface area contributed by atoms with Crippen molar-refractivity contribution in [2.45, 2.75) is 275 Å². The van der Waals surface area contributed by atoms with Crippen LogP contribution in [0.15, 0.2) is 201 Å². The molecule has 0 aromatic rings. The number of ether oxygens (including phenoxy) is 2. The molecule has 8 N–H and O–H groups in total. The Balaban J connectivity index is 0.000000510. The molecule has 0 unspecified atom stereocenters. The molecule has 4 fully saturated rings. The fraction of sp³-hybridized carbons (Fsp3) is 0.548. The maximum absolute atomic E-state index is 13.0. The summed E-state index contributed by atoms with van der Waals surface area (Å²) in [6.45, 7) is 39.8. The average molecular weight is 1350 g/mol. The minimum atomic E-state index is -1.66. The number of carbonyl (C=O) groups excluding carboxylic acids is 4. The van der Waals surface area contributed by atoms with Gasteiger partial charge < -0.3 is 50.3 Å². The quantitative estimate of drug-likeness (QED) is 0.0217. The third kappa shape index (κ3) is 24.9. The lowest BCUT2D eigenvalue weighted by Crippen LogP contribution is -2.66. The fourth-order valence-electron chi connectivity index (χ4n) is 14.4. The summed E-state index contributed by atoms with van der Waals surface area (Å²) >= 11 is 0. The highest BCUT2D eigenvalue weighted by Crippen LogP contribution is 2.53. The molecule has 540 valence electrons. The molecule has 0 radical (unpaired) electrons. The van der Waals surface area contributed by atoms with E-state index >= 15 is 0 Å². The number of aliphatic hydroxyl groups excluding tert-OH is 2. The lowest BCUT2D eigenvalue weighted by molar-refractivity contribution is -0.243. The SMILES string of the molecule is CC(=O)O[C@H]1CC(C)(C)C(=C=C/C(C)=C/C=C/C(C)=C/C=C/C=C(C)/C=C/C=C(\C)C(=O)C[C@]2(O)C(C)(C)C[C@H](O)C[C@@]2(C)O)[C@](C)(O)C1.CC(=O)O[C@H]1CC(C)(C)C(=C=C/C(C)=C/C=C/C(C)=C/C=C/C=C(C)/C=C/C=C(\C)C(=O)C[C@]2(O)C(C)(C)C[C@H](O)C[C@@]2(C)O)[C@](C)(O)C1. The molecule has 0 bridgehead atoms. The van der Waals surface area contributed by atoms with Crippen molar-refractivity contribution in [3.05, 3.63) is 201 Å². The van der Waals surface area contributed by atoms with Crippen LogP contribution in [-0.4, -0.2) is 122 Å². The normalized spacial score (nSPS) is 31.4. The van der Waals surface area contributed by atoms with Gasteiger partial charge in [0.1, 0.15) is 23.4 Å². The number of allylic oxidation sites excluding steroid dienone is 28. The second-order valence-electron chi connectivity index (χ2n) is 31.7. The van der Waals surface area contributed by atoms with Crippen LogP contribution in [0.5, 0.6) is 0 Å². The van der Waals surface area contributed by atoms with Crippen molar-refractivity contribution in [3.8, 4) is 0 Å². The second kappa shape index (κ2) is 35.1. The molecule has 0 spiro atoms. The molecule has 14 heteroatoms. The van der Waals surface area contributed by atoms with Gasteiger partial charge in [0, 0.05) is 63.5 Å². The predicted octanol–water partition coefficient (Wildman–Crippen LogP) is 15.3. The van der Waals surface area contributed by atoms with Gasteiger partial charge in [-0.05, 0) is 165 Å². The molecule has 0 amide bonds. The lowest BCUT2D eigenvalue weighted by Gasteiger charge is -2.56. The Bertz CT molecular complexity index is 3170. The highest BCUT2D eigenvalue weighted by molar-refractivity contribution is 5.96. The second-order valence-corrected chi connectivity index (χ2v) is 31.7. The van der Waals surface area contributed by atoms with Gasteiger partial charge in [-0.15, -0.1) is 11.5 Å². The molecule has 4 aliphatic rings. The number of ketones is 2. The Morgan fingerprint density at radius 3 is 0.898 bits per heavy atom. The maximum atomic E-state index is 13.0. The molecule has 0 aromatic heterocycles. The Morgan fingerprint density at radius 2 is 0.643 bits per heavy atom. The summed E-state index contributed by atoms with van der Waals surface area (Å²) in [7, 11) is 0. The molecule has 0 aromatic carbocycles. The molecule has 4 rings (SSSR count). The van der Waals surface area contributed by atoms with Gasteiger partial charge in [-0.3, -0.25) is 19.2 Å². The molecule has 0 saturated heterocycles. The minimum absolute atomic E-state index is 0.0198. The first-order valence-electron chi connectivity index (χ1n) is 34.3. The van der Waals surface area contributed by atoms with Gasteiger partial charge in [0.25, 0.3) is 0 Å². The fourth-order valence-corrected chi connectivity index (χ4v) is 14.4. The van der Waals surface area contributed by atoms with Crippen LogP contribution in [-0.2, 0) is 28.7 Å². The van der Waals surface area contributed by atoms with Crippen LogP contribution in [0.1, 0.15) is 217 Å². The van der Waals surface area contributed by atoms with Crippen molar-refractivity contribution in [1.82, 2.24) is 0 Å². The van der Waals surface area contributed by atoms with Crippen LogP contribution in [0.4, 0.5) is 0 Å². The van der Waals surface area contributed by atoms with E-state index in [2.05, 4.69) is 11.5 Å². The predicted molar refractivity (Wildman–Crippen MR) is 395 cm³/mol. The smallest absolute Gasteiger partial charge is 0.302 e. The van der Waals surface area contributed by atoms with Crippen LogP contribution >= 0.6 is 0 Å². The molecule has 4 saturated carbocycles. The van der Waals surface area contributed by atoms with Crippen LogP contribution < -0.4 is 0 Å². The third-order valence-electron chi connectivity index (χ3n) is 19.7. The summed E-state index contributed by atoms with van der Waals surface area (Å²) in [5.74, 6) is -1.17. The van der Waals surface area contributed by atoms with Crippen molar-refractivity contribution < 1.29 is 69.5 Å². The Labute approximate surface area is 587 Å². The summed E-state index contributed by atoms with van der Waals surface area (Å²) in [5.41, 5.74) is 4.14. The van der Waals surface area contributed by atoms with Crippen molar-refractivity contribution in [2.75, 3.05) is 0 Å². The van der Waals surface area contributed by atoms with E-state index in [1.54, 1.807) is 79.7 Å². The van der Waals surface area contributed by atoms with Crippen LogP contribution in [0.25, 0.3) is 0 Å². The number of carbonyl (C=O) groups is 4. The topological polar surface area (TPSA) is 249 Å². The lowest BCUT2D eigenvalue weighted by atomic mass is 9.56. The van der Waals surface area contributed by atoms with Gasteiger partial charge in [0.15, 0.2) is 11.6 Å². The molecular formula is C84H120O14. The average Bonchev–Trinajstić information content (AvgIpc) is 0.745. The Kier molecular flexibility index (Phi) is 30.7. The zero-order chi connectivity index (χ0) is 74.8. The molecular weight excluding hydrogens is 1230 g/mol. The van der Waals surface area contributed by atoms with E-state index in [0.29, 0.717) is 49.7 Å². The van der Waals surface area contributed by atoms with Gasteiger partial charge in [-0.2, -0.15) is 0 Å². The number of Topliss-reactive ketones (excluding diaryl/α,β-unsaturated/α-hetero) is 2. The molecule has 10 atom stereocenters. The Hall–Kier alpha value is -6.64. The van der Waals surface area contributed by atoms with Crippen LogP contribution in [0.3, 0.4) is 0 Å². The van der Waals surface area contributed by atoms with Crippen molar-refractivity contribution in [1.29, 1.82) is 0 Å². The minimum Gasteiger partial charge on any atom is -0.462 e. The number of aliphatic hydroxyl groups is 8. The van der Waals surface area contributed by atoms with Crippen LogP contribution in [0.2, 0.25) is 0 Å². The summed E-state index contributed by atoms with van der Waals surface area (Å²) in [6, 6.07) is 0. The van der Waals surface area contributed by atoms with E-state index in [4.69, 9.17) is 9.47 Å². The largest absolute Gasteiger partial charge is 0.462 e. The van der Waals surface area contributed by atoms with E-state index < -0.39 is 56.6 Å². The van der Waals surface area contributed by atoms with Crippen LogP contribution in [0, 0.1) is 21.7 Å². The number of hydrogen-bond donors (Lipinski definition) is 8. The molecule has 0 aliphatic heterocycles. The first-order chi connectivity index (χ1) is 44.8. The molecule has 14 nitrogen and oxygen atoms in total. The number of hydrogen-bond acceptors (Lipinski definition) is 14. The summed E-state index contributed by atoms with van der Waals surface area (Å²) in [6.07, 6.45) is 42.2. The molecule has 4 aliphatic carbocycles. The molecule has 0 heterocycles. The number of rotatable bonds is 22. The summed E-state index contributed by atoms with van der Waals surface area (Å²) in [5, 5.41) is 87.4. The summed E-state index contributed by atoms with van der Waals surface area (Å²) in [4.78, 5) is 48.9. The summed E-state index contributed by atoms with van der Waals surface area (Å²) < 4.78 is 10.8. The van der Waals surface area contributed by atoms with Gasteiger partial charge in [-0.1, -0.05) is 199 Å². The standard InChI is InChI=1S/2C42H60O7/c2*1-29(18-14-19-31(3)22-23-37-38(6,7)26-35(49-33(5)43)27-40(37,10)46)16-12-13-17-30(2)20-15-21-32(4)36(45)28-42(48)39(8,9)24-34(44)25-41(42,11)47/h2*12-22,34-35,44,46-48H,24-28H2,1-11H3/b2*13-12+,18-14+,20-15+,29-16+,30-17+,31-19+,32-21+/t2*23?,34-,35-,40+,41+,42-/m00/s1. The van der Waals surface area contributed by atoms with Crippen molar-refractivity contribution >= 4 is 23.5 Å². The van der Waals surface area contributed by atoms with E-state index in [-0.39, 0.29) is 72.2 Å².